The van der Waals surface area contributed by atoms with E-state index in [4.69, 9.17) is 0 Å². The van der Waals surface area contributed by atoms with Crippen LogP contribution in [0.4, 0.5) is 0 Å². The molecule has 0 atom stereocenters. The average molecular weight is 217 g/mol. The van der Waals surface area contributed by atoms with Crippen molar-refractivity contribution in [1.29, 1.82) is 0 Å². The Labute approximate surface area is 95.0 Å². The van der Waals surface area contributed by atoms with Crippen LogP contribution in [0, 0.1) is 0 Å². The van der Waals surface area contributed by atoms with Crippen LogP contribution >= 0.6 is 0 Å². The number of H-pyrrole nitrogens is 1. The van der Waals surface area contributed by atoms with E-state index in [9.17, 15) is 0 Å². The standard InChI is InChI=1S/C5H5N.C4H5N.C3H5NO/c1-2-4-6-5-3-1;1-2-4-5-3-1;1-2-5-3-4-1/h1-5H;1-5H;3H,1-2H2. The molecule has 0 amide bonds. The van der Waals surface area contributed by atoms with Crippen molar-refractivity contribution in [3.05, 3.63) is 55.1 Å². The zero-order chi connectivity index (χ0) is 11.3. The molecule has 4 nitrogen and oxygen atoms in total. The molecule has 1 aliphatic rings. The van der Waals surface area contributed by atoms with Crippen molar-refractivity contribution >= 4 is 6.40 Å². The van der Waals surface area contributed by atoms with Crippen molar-refractivity contribution < 1.29 is 4.74 Å². The van der Waals surface area contributed by atoms with E-state index in [1.807, 2.05) is 42.7 Å². The number of ether oxygens (including phenoxy) is 1. The van der Waals surface area contributed by atoms with Gasteiger partial charge in [0.15, 0.2) is 6.40 Å². The lowest BCUT2D eigenvalue weighted by molar-refractivity contribution is 0.361. The fraction of sp³-hybridized carbons (Fsp3) is 0.167. The van der Waals surface area contributed by atoms with Crippen molar-refractivity contribution in [2.45, 2.75) is 0 Å². The predicted molar refractivity (Wildman–Crippen MR) is 64.3 cm³/mol. The monoisotopic (exact) mass is 217 g/mol. The maximum atomic E-state index is 4.65. The number of aromatic amines is 1. The number of hydrogen-bond acceptors (Lipinski definition) is 3. The quantitative estimate of drug-likeness (QED) is 0.735. The summed E-state index contributed by atoms with van der Waals surface area (Å²) in [5.41, 5.74) is 0. The van der Waals surface area contributed by atoms with Gasteiger partial charge in [-0.25, -0.2) is 0 Å². The second kappa shape index (κ2) is 9.45. The van der Waals surface area contributed by atoms with E-state index in [0.717, 1.165) is 13.2 Å². The van der Waals surface area contributed by atoms with Crippen molar-refractivity contribution in [3.8, 4) is 0 Å². The lowest BCUT2D eigenvalue weighted by atomic mass is 10.5. The van der Waals surface area contributed by atoms with Gasteiger partial charge in [0.25, 0.3) is 0 Å². The first-order valence-corrected chi connectivity index (χ1v) is 5.03. The van der Waals surface area contributed by atoms with E-state index < -0.39 is 0 Å². The van der Waals surface area contributed by atoms with Gasteiger partial charge in [0, 0.05) is 24.8 Å². The van der Waals surface area contributed by atoms with E-state index in [0.29, 0.717) is 0 Å². The van der Waals surface area contributed by atoms with Crippen LogP contribution in [0.3, 0.4) is 0 Å². The van der Waals surface area contributed by atoms with E-state index >= 15 is 0 Å². The third kappa shape index (κ3) is 7.32. The molecule has 16 heavy (non-hydrogen) atoms. The molecule has 0 fully saturated rings. The largest absolute Gasteiger partial charge is 0.482 e. The number of nitrogens with zero attached hydrogens (tertiary/aromatic N) is 2. The third-order valence-corrected chi connectivity index (χ3v) is 1.55. The summed E-state index contributed by atoms with van der Waals surface area (Å²) in [6.07, 6.45) is 8.74. The van der Waals surface area contributed by atoms with Gasteiger partial charge in [-0.3, -0.25) is 9.98 Å². The van der Waals surface area contributed by atoms with Crippen LogP contribution in [0.2, 0.25) is 0 Å². The Morgan fingerprint density at radius 2 is 1.69 bits per heavy atom. The minimum atomic E-state index is 0.778. The van der Waals surface area contributed by atoms with Crippen molar-refractivity contribution in [3.63, 3.8) is 0 Å². The lowest BCUT2D eigenvalue weighted by Crippen LogP contribution is -1.80. The van der Waals surface area contributed by atoms with Gasteiger partial charge in [0.2, 0.25) is 0 Å². The van der Waals surface area contributed by atoms with Crippen molar-refractivity contribution in [1.82, 2.24) is 9.97 Å². The minimum absolute atomic E-state index is 0.778. The highest BCUT2D eigenvalue weighted by Gasteiger charge is 1.84. The van der Waals surface area contributed by atoms with Crippen LogP contribution in [-0.4, -0.2) is 29.5 Å². The molecule has 2 aromatic heterocycles. The molecule has 3 rings (SSSR count). The molecule has 0 radical (unpaired) electrons. The fourth-order valence-electron chi connectivity index (χ4n) is 0.854. The van der Waals surface area contributed by atoms with Crippen LogP contribution in [0.5, 0.6) is 0 Å². The topological polar surface area (TPSA) is 50.3 Å². The lowest BCUT2D eigenvalue weighted by Gasteiger charge is -1.76. The summed E-state index contributed by atoms with van der Waals surface area (Å²) in [6, 6.07) is 9.60. The molecule has 0 saturated carbocycles. The zero-order valence-corrected chi connectivity index (χ0v) is 8.99. The van der Waals surface area contributed by atoms with E-state index in [2.05, 4.69) is 19.7 Å². The normalized spacial score (nSPS) is 11.5. The van der Waals surface area contributed by atoms with Crippen LogP contribution in [0.25, 0.3) is 0 Å². The van der Waals surface area contributed by atoms with E-state index in [1.165, 1.54) is 6.40 Å². The molecule has 4 heteroatoms. The Hall–Kier alpha value is -2.10. The first-order valence-electron chi connectivity index (χ1n) is 5.03. The highest BCUT2D eigenvalue weighted by molar-refractivity contribution is 5.47. The Kier molecular flexibility index (Phi) is 7.07. The highest BCUT2D eigenvalue weighted by atomic mass is 16.5. The smallest absolute Gasteiger partial charge is 0.169 e. The first kappa shape index (κ1) is 12.0. The summed E-state index contributed by atoms with van der Waals surface area (Å²) in [5.74, 6) is 0. The van der Waals surface area contributed by atoms with E-state index in [-0.39, 0.29) is 0 Å². The van der Waals surface area contributed by atoms with Gasteiger partial charge in [0.05, 0.1) is 6.54 Å². The van der Waals surface area contributed by atoms with Gasteiger partial charge in [-0.1, -0.05) is 6.07 Å². The molecule has 0 spiro atoms. The van der Waals surface area contributed by atoms with Gasteiger partial charge in [-0.2, -0.15) is 0 Å². The second-order valence-corrected chi connectivity index (χ2v) is 2.79. The number of aliphatic imine (C=N–C) groups is 1. The predicted octanol–water partition coefficient (Wildman–Crippen LogP) is 2.14. The number of rotatable bonds is 0. The Balaban J connectivity index is 0.000000121. The molecule has 0 saturated heterocycles. The van der Waals surface area contributed by atoms with Crippen LogP contribution in [0.1, 0.15) is 0 Å². The highest BCUT2D eigenvalue weighted by Crippen LogP contribution is 1.78. The molecule has 3 heterocycles. The number of aromatic nitrogens is 2. The molecule has 0 unspecified atom stereocenters. The average Bonchev–Trinajstić information content (AvgIpc) is 3.10. The SMILES string of the molecule is C1=NCCO1.c1cc[nH]c1.c1ccncc1. The fourth-order valence-corrected chi connectivity index (χ4v) is 0.854. The molecule has 1 aliphatic heterocycles. The molecular formula is C12H15N3O. The molecule has 2 aromatic rings. The zero-order valence-electron chi connectivity index (χ0n) is 8.99. The molecule has 0 bridgehead atoms. The van der Waals surface area contributed by atoms with Crippen molar-refractivity contribution in [2.75, 3.05) is 13.2 Å². The van der Waals surface area contributed by atoms with Gasteiger partial charge < -0.3 is 9.72 Å². The Morgan fingerprint density at radius 3 is 1.88 bits per heavy atom. The Morgan fingerprint density at radius 1 is 0.938 bits per heavy atom. The van der Waals surface area contributed by atoms with Gasteiger partial charge in [0.1, 0.15) is 6.61 Å². The molecular weight excluding hydrogens is 202 g/mol. The van der Waals surface area contributed by atoms with Crippen molar-refractivity contribution in [2.24, 2.45) is 4.99 Å². The molecule has 1 N–H and O–H groups in total. The van der Waals surface area contributed by atoms with E-state index in [1.54, 1.807) is 12.4 Å². The molecule has 84 valence electrons. The van der Waals surface area contributed by atoms with Crippen LogP contribution in [-0.2, 0) is 4.74 Å². The number of nitrogens with one attached hydrogen (secondary N) is 1. The first-order chi connectivity index (χ1) is 8.00. The number of hydrogen-bond donors (Lipinski definition) is 1. The van der Waals surface area contributed by atoms with Gasteiger partial charge in [-0.15, -0.1) is 0 Å². The van der Waals surface area contributed by atoms with Crippen LogP contribution in [0.15, 0.2) is 60.1 Å². The summed E-state index contributed by atoms with van der Waals surface area (Å²) in [5, 5.41) is 0. The second-order valence-electron chi connectivity index (χ2n) is 2.79. The Bertz CT molecular complexity index is 296. The maximum absolute atomic E-state index is 4.65. The molecule has 0 aromatic carbocycles. The molecule has 0 aliphatic carbocycles. The summed E-state index contributed by atoms with van der Waals surface area (Å²) < 4.78 is 4.65. The summed E-state index contributed by atoms with van der Waals surface area (Å²) >= 11 is 0. The third-order valence-electron chi connectivity index (χ3n) is 1.55. The summed E-state index contributed by atoms with van der Waals surface area (Å²) in [4.78, 5) is 10.4. The van der Waals surface area contributed by atoms with Gasteiger partial charge in [-0.05, 0) is 24.3 Å². The van der Waals surface area contributed by atoms with Crippen LogP contribution < -0.4 is 0 Å². The summed E-state index contributed by atoms with van der Waals surface area (Å²) in [6.45, 7) is 1.62. The summed E-state index contributed by atoms with van der Waals surface area (Å²) in [7, 11) is 0. The van der Waals surface area contributed by atoms with Gasteiger partial charge >= 0.3 is 0 Å². The number of pyridine rings is 1. The minimum Gasteiger partial charge on any atom is -0.482 e. The maximum Gasteiger partial charge on any atom is 0.169 e.